The number of benzene rings is 1. The Morgan fingerprint density at radius 3 is 2.21 bits per heavy atom. The molecule has 0 spiro atoms. The van der Waals surface area contributed by atoms with Gasteiger partial charge in [0.05, 0.1) is 0 Å². The predicted octanol–water partition coefficient (Wildman–Crippen LogP) is 4.18. The van der Waals surface area contributed by atoms with Gasteiger partial charge in [0.1, 0.15) is 6.04 Å². The zero-order valence-electron chi connectivity index (χ0n) is 10.7. The summed E-state index contributed by atoms with van der Waals surface area (Å²) in [7, 11) is 0. The quantitative estimate of drug-likeness (QED) is 0.671. The Balaban J connectivity index is 2.90. The Morgan fingerprint density at radius 2 is 1.74 bits per heavy atom. The van der Waals surface area contributed by atoms with Gasteiger partial charge in [0.2, 0.25) is 0 Å². The first-order chi connectivity index (χ1) is 8.99. The molecule has 0 bridgehead atoms. The fourth-order valence-electron chi connectivity index (χ4n) is 1.93. The van der Waals surface area contributed by atoms with Crippen LogP contribution in [0.3, 0.4) is 0 Å². The third-order valence-corrected chi connectivity index (χ3v) is 2.80. The average molecular weight is 269 g/mol. The van der Waals surface area contributed by atoms with E-state index >= 15 is 0 Å². The summed E-state index contributed by atoms with van der Waals surface area (Å²) in [6.07, 6.45) is -1.60. The van der Waals surface area contributed by atoms with Crippen molar-refractivity contribution in [1.29, 1.82) is 0 Å². The van der Waals surface area contributed by atoms with Crippen molar-refractivity contribution >= 4 is 0 Å². The van der Waals surface area contributed by atoms with Gasteiger partial charge in [-0.25, -0.2) is 0 Å². The van der Waals surface area contributed by atoms with Crippen LogP contribution in [0.5, 0.6) is 0 Å². The molecule has 0 radical (unpaired) electrons. The van der Waals surface area contributed by atoms with E-state index in [1.54, 1.807) is 0 Å². The normalized spacial score (nSPS) is 13.3. The van der Waals surface area contributed by atoms with Crippen LogP contribution in [0.25, 0.3) is 0 Å². The Kier molecular flexibility index (Phi) is 5.83. The number of nitrogens with zero attached hydrogens (tertiary/aromatic N) is 1. The summed E-state index contributed by atoms with van der Waals surface area (Å²) in [4.78, 5) is 1.37. The fourth-order valence-corrected chi connectivity index (χ4v) is 1.93. The molecule has 1 aromatic carbocycles. The van der Waals surface area contributed by atoms with Gasteiger partial charge in [-0.05, 0) is 12.0 Å². The van der Waals surface area contributed by atoms with Crippen molar-refractivity contribution in [1.82, 2.24) is 4.90 Å². The molecule has 1 atom stereocenters. The zero-order valence-corrected chi connectivity index (χ0v) is 10.7. The summed E-state index contributed by atoms with van der Waals surface area (Å²) in [6.45, 7) is 7.37. The minimum absolute atomic E-state index is 0.121. The average Bonchev–Trinajstić information content (AvgIpc) is 2.35. The lowest BCUT2D eigenvalue weighted by molar-refractivity contribution is -0.183. The Labute approximate surface area is 112 Å². The lowest BCUT2D eigenvalue weighted by Gasteiger charge is -2.31. The van der Waals surface area contributed by atoms with E-state index in [4.69, 9.17) is 0 Å². The highest BCUT2D eigenvalue weighted by Gasteiger charge is 2.42. The smallest absolute Gasteiger partial charge is 0.284 e. The molecule has 0 saturated heterocycles. The summed E-state index contributed by atoms with van der Waals surface area (Å²) in [6, 6.07) is 7.58. The second-order valence-corrected chi connectivity index (χ2v) is 4.29. The van der Waals surface area contributed by atoms with E-state index in [0.717, 1.165) is 5.56 Å². The van der Waals surface area contributed by atoms with Crippen LogP contribution in [0.4, 0.5) is 13.2 Å². The molecule has 1 rings (SSSR count). The van der Waals surface area contributed by atoms with Crippen molar-refractivity contribution in [2.75, 3.05) is 6.54 Å². The lowest BCUT2D eigenvalue weighted by Crippen LogP contribution is -2.45. The van der Waals surface area contributed by atoms with Crippen molar-refractivity contribution in [2.24, 2.45) is 0 Å². The molecule has 0 aromatic heterocycles. The van der Waals surface area contributed by atoms with Crippen LogP contribution in [-0.4, -0.2) is 23.7 Å². The number of hydrogen-bond acceptors (Lipinski definition) is 1. The standard InChI is InChI=1S/C15H18F3N/c1-3-8-14(15(16,17)18)19(11-4-2)12-13-9-6-5-7-10-13/h3-7,9-10,14H,1-2,8,11-12H2. The van der Waals surface area contributed by atoms with Gasteiger partial charge in [0, 0.05) is 13.1 Å². The second kappa shape index (κ2) is 7.14. The van der Waals surface area contributed by atoms with Crippen LogP contribution in [-0.2, 0) is 6.54 Å². The number of hydrogen-bond donors (Lipinski definition) is 0. The van der Waals surface area contributed by atoms with E-state index in [0.29, 0.717) is 0 Å². The van der Waals surface area contributed by atoms with E-state index in [2.05, 4.69) is 13.2 Å². The maximum Gasteiger partial charge on any atom is 0.404 e. The minimum Gasteiger partial charge on any atom is -0.284 e. The maximum atomic E-state index is 13.1. The predicted molar refractivity (Wildman–Crippen MR) is 71.7 cm³/mol. The number of halogens is 3. The topological polar surface area (TPSA) is 3.24 Å². The van der Waals surface area contributed by atoms with Gasteiger partial charge in [-0.15, -0.1) is 13.2 Å². The molecule has 0 fully saturated rings. The lowest BCUT2D eigenvalue weighted by atomic mass is 10.1. The van der Waals surface area contributed by atoms with Gasteiger partial charge in [0.25, 0.3) is 0 Å². The van der Waals surface area contributed by atoms with Crippen LogP contribution < -0.4 is 0 Å². The van der Waals surface area contributed by atoms with Crippen LogP contribution in [0.2, 0.25) is 0 Å². The molecule has 0 N–H and O–H groups in total. The first-order valence-corrected chi connectivity index (χ1v) is 6.05. The van der Waals surface area contributed by atoms with Crippen molar-refractivity contribution in [3.63, 3.8) is 0 Å². The summed E-state index contributed by atoms with van der Waals surface area (Å²) in [5.41, 5.74) is 0.850. The molecule has 0 aliphatic carbocycles. The Hall–Kier alpha value is -1.55. The molecule has 0 heterocycles. The van der Waals surface area contributed by atoms with Crippen molar-refractivity contribution < 1.29 is 13.2 Å². The van der Waals surface area contributed by atoms with Crippen LogP contribution in [0, 0.1) is 0 Å². The zero-order chi connectivity index (χ0) is 14.3. The third-order valence-electron chi connectivity index (χ3n) is 2.80. The molecule has 1 unspecified atom stereocenters. The largest absolute Gasteiger partial charge is 0.404 e. The van der Waals surface area contributed by atoms with E-state index < -0.39 is 12.2 Å². The summed E-state index contributed by atoms with van der Waals surface area (Å²) >= 11 is 0. The van der Waals surface area contributed by atoms with E-state index in [1.807, 2.05) is 30.3 Å². The molecule has 0 amide bonds. The van der Waals surface area contributed by atoms with E-state index in [-0.39, 0.29) is 19.5 Å². The van der Waals surface area contributed by atoms with Gasteiger partial charge < -0.3 is 0 Å². The van der Waals surface area contributed by atoms with Gasteiger partial charge in [-0.2, -0.15) is 13.2 Å². The summed E-state index contributed by atoms with van der Waals surface area (Å²) in [5, 5.41) is 0. The highest BCUT2D eigenvalue weighted by Crippen LogP contribution is 2.28. The summed E-state index contributed by atoms with van der Waals surface area (Å²) in [5.74, 6) is 0. The first-order valence-electron chi connectivity index (χ1n) is 6.05. The fraction of sp³-hybridized carbons (Fsp3) is 0.333. The monoisotopic (exact) mass is 269 g/mol. The van der Waals surface area contributed by atoms with E-state index in [1.165, 1.54) is 17.1 Å². The number of alkyl halides is 3. The molecular weight excluding hydrogens is 251 g/mol. The van der Waals surface area contributed by atoms with Crippen LogP contribution in [0.1, 0.15) is 12.0 Å². The van der Waals surface area contributed by atoms with Gasteiger partial charge in [-0.3, -0.25) is 4.90 Å². The Morgan fingerprint density at radius 1 is 1.11 bits per heavy atom. The van der Waals surface area contributed by atoms with Crippen molar-refractivity contribution in [3.8, 4) is 0 Å². The molecule has 4 heteroatoms. The van der Waals surface area contributed by atoms with Gasteiger partial charge >= 0.3 is 6.18 Å². The highest BCUT2D eigenvalue weighted by molar-refractivity contribution is 5.15. The molecule has 19 heavy (non-hydrogen) atoms. The Bertz CT molecular complexity index is 398. The molecule has 1 nitrogen and oxygen atoms in total. The van der Waals surface area contributed by atoms with Gasteiger partial charge in [-0.1, -0.05) is 42.5 Å². The third kappa shape index (κ3) is 4.91. The molecule has 0 aliphatic heterocycles. The van der Waals surface area contributed by atoms with E-state index in [9.17, 15) is 13.2 Å². The molecule has 1 aromatic rings. The van der Waals surface area contributed by atoms with Gasteiger partial charge in [0.15, 0.2) is 0 Å². The molecular formula is C15H18F3N. The molecule has 0 saturated carbocycles. The molecule has 0 aliphatic rings. The number of rotatable bonds is 7. The van der Waals surface area contributed by atoms with Crippen LogP contribution >= 0.6 is 0 Å². The SMILES string of the molecule is C=CCC(N(CC=C)Cc1ccccc1)C(F)(F)F. The minimum atomic E-state index is -4.27. The maximum absolute atomic E-state index is 13.1. The van der Waals surface area contributed by atoms with Crippen molar-refractivity contribution in [3.05, 3.63) is 61.2 Å². The summed E-state index contributed by atoms with van der Waals surface area (Å²) < 4.78 is 39.2. The molecule has 104 valence electrons. The van der Waals surface area contributed by atoms with Crippen LogP contribution in [0.15, 0.2) is 55.6 Å². The highest BCUT2D eigenvalue weighted by atomic mass is 19.4. The van der Waals surface area contributed by atoms with Crippen molar-refractivity contribution in [2.45, 2.75) is 25.2 Å². The second-order valence-electron chi connectivity index (χ2n) is 4.29. The first kappa shape index (κ1) is 15.5.